The lowest BCUT2D eigenvalue weighted by Crippen LogP contribution is -2.33. The van der Waals surface area contributed by atoms with E-state index in [0.717, 1.165) is 3.79 Å². The zero-order valence-corrected chi connectivity index (χ0v) is 15.3. The van der Waals surface area contributed by atoms with Crippen LogP contribution in [0.1, 0.15) is 31.9 Å². The molecular weight excluding hydrogens is 362 g/mol. The molecule has 2 aromatic rings. The molecule has 2 heterocycles. The number of fused-ring (bicyclic) bond motifs is 1. The van der Waals surface area contributed by atoms with Crippen molar-refractivity contribution in [1.29, 1.82) is 0 Å². The Balaban J connectivity index is 1.87. The molecule has 0 aliphatic carbocycles. The summed E-state index contributed by atoms with van der Waals surface area (Å²) in [6.07, 6.45) is -0.250. The molecule has 0 atom stereocenters. The summed E-state index contributed by atoms with van der Waals surface area (Å²) in [4.78, 5) is 15.3. The third-order valence-corrected chi connectivity index (χ3v) is 5.53. The quantitative estimate of drug-likeness (QED) is 0.660. The zero-order chi connectivity index (χ0) is 15.9. The maximum absolute atomic E-state index is 12.3. The first-order valence-electron chi connectivity index (χ1n) is 7.18. The molecule has 1 aliphatic rings. The van der Waals surface area contributed by atoms with Gasteiger partial charge < -0.3 is 4.74 Å². The number of rotatable bonds is 1. The van der Waals surface area contributed by atoms with Crippen molar-refractivity contribution < 1.29 is 9.53 Å². The lowest BCUT2D eigenvalue weighted by molar-refractivity contribution is 0.0242. The van der Waals surface area contributed by atoms with Crippen molar-refractivity contribution in [2.45, 2.75) is 39.5 Å². The van der Waals surface area contributed by atoms with Crippen molar-refractivity contribution >= 4 is 33.4 Å². The fourth-order valence-corrected chi connectivity index (χ4v) is 4.41. The first-order chi connectivity index (χ1) is 10.3. The summed E-state index contributed by atoms with van der Waals surface area (Å²) in [7, 11) is 0. The maximum Gasteiger partial charge on any atom is 0.410 e. The minimum atomic E-state index is -0.466. The van der Waals surface area contributed by atoms with Crippen LogP contribution in [0.25, 0.3) is 10.4 Å². The molecule has 5 heteroatoms. The molecule has 3 nitrogen and oxygen atoms in total. The molecule has 0 bridgehead atoms. The molecule has 3 rings (SSSR count). The Labute approximate surface area is 143 Å². The number of nitrogens with zero attached hydrogens (tertiary/aromatic N) is 1. The summed E-state index contributed by atoms with van der Waals surface area (Å²) < 4.78 is 6.59. The molecule has 0 radical (unpaired) electrons. The highest BCUT2D eigenvalue weighted by Crippen LogP contribution is 2.44. The Morgan fingerprint density at radius 2 is 1.82 bits per heavy atom. The molecule has 1 aliphatic heterocycles. The Kier molecular flexibility index (Phi) is 4.03. The highest BCUT2D eigenvalue weighted by molar-refractivity contribution is 9.11. The van der Waals surface area contributed by atoms with E-state index in [-0.39, 0.29) is 6.09 Å². The van der Waals surface area contributed by atoms with E-state index in [1.165, 1.54) is 21.6 Å². The molecular formula is C17H18BrNO2S. The van der Waals surface area contributed by atoms with Crippen LogP contribution in [0.5, 0.6) is 0 Å². The standard InChI is InChI=1S/C17H18BrNO2S/c1-17(2,3)21-16(20)19-9-12-13(10-19)15(18)22-14(12)11-7-5-4-6-8-11/h4-8H,9-10H2,1-3H3. The second-order valence-electron chi connectivity index (χ2n) is 6.36. The Morgan fingerprint density at radius 1 is 1.18 bits per heavy atom. The number of carbonyl (C=O) groups excluding carboxylic acids is 1. The monoisotopic (exact) mass is 379 g/mol. The predicted molar refractivity (Wildman–Crippen MR) is 92.9 cm³/mol. The van der Waals surface area contributed by atoms with Gasteiger partial charge in [-0.2, -0.15) is 0 Å². The van der Waals surface area contributed by atoms with Gasteiger partial charge in [0.15, 0.2) is 0 Å². The molecule has 0 fully saturated rings. The van der Waals surface area contributed by atoms with Crippen molar-refractivity contribution in [1.82, 2.24) is 4.90 Å². The van der Waals surface area contributed by atoms with Crippen LogP contribution >= 0.6 is 27.3 Å². The van der Waals surface area contributed by atoms with E-state index in [9.17, 15) is 4.79 Å². The molecule has 0 unspecified atom stereocenters. The lowest BCUT2D eigenvalue weighted by atomic mass is 10.1. The summed E-state index contributed by atoms with van der Waals surface area (Å²) in [5.74, 6) is 0. The normalized spacial score (nSPS) is 14.1. The number of thiophene rings is 1. The lowest BCUT2D eigenvalue weighted by Gasteiger charge is -2.24. The number of amides is 1. The Hall–Kier alpha value is -1.33. The second-order valence-corrected chi connectivity index (χ2v) is 8.70. The average Bonchev–Trinajstić information content (AvgIpc) is 2.99. The summed E-state index contributed by atoms with van der Waals surface area (Å²) in [6.45, 7) is 6.88. The number of hydrogen-bond donors (Lipinski definition) is 0. The van der Waals surface area contributed by atoms with Crippen molar-refractivity contribution in [3.8, 4) is 10.4 Å². The summed E-state index contributed by atoms with van der Waals surface area (Å²) in [5.41, 5.74) is 3.16. The minimum absolute atomic E-state index is 0.250. The van der Waals surface area contributed by atoms with Gasteiger partial charge in [-0.1, -0.05) is 30.3 Å². The largest absolute Gasteiger partial charge is 0.444 e. The Morgan fingerprint density at radius 3 is 2.45 bits per heavy atom. The first-order valence-corrected chi connectivity index (χ1v) is 8.79. The third-order valence-electron chi connectivity index (χ3n) is 3.45. The van der Waals surface area contributed by atoms with E-state index >= 15 is 0 Å². The predicted octanol–water partition coefficient (Wildman–Crippen LogP) is 5.43. The SMILES string of the molecule is CC(C)(C)OC(=O)N1Cc2c(Br)sc(-c3ccccc3)c2C1. The van der Waals surface area contributed by atoms with Gasteiger partial charge in [0.25, 0.3) is 0 Å². The molecule has 0 saturated heterocycles. The number of halogens is 1. The first kappa shape index (κ1) is 15.6. The smallest absolute Gasteiger partial charge is 0.410 e. The van der Waals surface area contributed by atoms with Crippen LogP contribution in [0.15, 0.2) is 34.1 Å². The van der Waals surface area contributed by atoms with Gasteiger partial charge in [0.2, 0.25) is 0 Å². The molecule has 0 N–H and O–H groups in total. The van der Waals surface area contributed by atoms with E-state index in [1.54, 1.807) is 16.2 Å². The molecule has 0 saturated carbocycles. The highest BCUT2D eigenvalue weighted by Gasteiger charge is 2.32. The van der Waals surface area contributed by atoms with E-state index in [1.807, 2.05) is 39.0 Å². The number of hydrogen-bond acceptors (Lipinski definition) is 3. The van der Waals surface area contributed by atoms with Crippen LogP contribution < -0.4 is 0 Å². The average molecular weight is 380 g/mol. The molecule has 1 aromatic carbocycles. The topological polar surface area (TPSA) is 29.5 Å². The summed E-state index contributed by atoms with van der Waals surface area (Å²) >= 11 is 5.38. The van der Waals surface area contributed by atoms with Crippen molar-refractivity contribution in [2.24, 2.45) is 0 Å². The maximum atomic E-state index is 12.3. The van der Waals surface area contributed by atoms with Crippen LogP contribution in [0.4, 0.5) is 4.79 Å². The van der Waals surface area contributed by atoms with Gasteiger partial charge in [0.05, 0.1) is 16.9 Å². The number of benzene rings is 1. The molecule has 116 valence electrons. The van der Waals surface area contributed by atoms with Crippen molar-refractivity contribution in [2.75, 3.05) is 0 Å². The van der Waals surface area contributed by atoms with Gasteiger partial charge >= 0.3 is 6.09 Å². The molecule has 22 heavy (non-hydrogen) atoms. The fourth-order valence-electron chi connectivity index (χ4n) is 2.51. The zero-order valence-electron chi connectivity index (χ0n) is 12.9. The van der Waals surface area contributed by atoms with Gasteiger partial charge in [0.1, 0.15) is 5.60 Å². The van der Waals surface area contributed by atoms with Gasteiger partial charge in [0, 0.05) is 10.4 Å². The van der Waals surface area contributed by atoms with Gasteiger partial charge in [-0.3, -0.25) is 4.90 Å². The van der Waals surface area contributed by atoms with Crippen molar-refractivity contribution in [3.05, 3.63) is 45.2 Å². The van der Waals surface area contributed by atoms with Gasteiger partial charge in [-0.05, 0) is 47.8 Å². The third kappa shape index (κ3) is 3.06. The van der Waals surface area contributed by atoms with Gasteiger partial charge in [-0.25, -0.2) is 4.79 Å². The summed E-state index contributed by atoms with van der Waals surface area (Å²) in [6, 6.07) is 10.3. The van der Waals surface area contributed by atoms with Gasteiger partial charge in [-0.15, -0.1) is 11.3 Å². The van der Waals surface area contributed by atoms with Crippen LogP contribution in [0, 0.1) is 0 Å². The van der Waals surface area contributed by atoms with Crippen LogP contribution in [-0.2, 0) is 17.8 Å². The second kappa shape index (κ2) is 5.70. The summed E-state index contributed by atoms with van der Waals surface area (Å²) in [5, 5.41) is 0. The van der Waals surface area contributed by atoms with E-state index in [4.69, 9.17) is 4.74 Å². The van der Waals surface area contributed by atoms with Crippen LogP contribution in [0.3, 0.4) is 0 Å². The molecule has 0 spiro atoms. The highest BCUT2D eigenvalue weighted by atomic mass is 79.9. The fraction of sp³-hybridized carbons (Fsp3) is 0.353. The van der Waals surface area contributed by atoms with Crippen LogP contribution in [0.2, 0.25) is 0 Å². The van der Waals surface area contributed by atoms with E-state index in [0.29, 0.717) is 13.1 Å². The van der Waals surface area contributed by atoms with Crippen LogP contribution in [-0.4, -0.2) is 16.6 Å². The van der Waals surface area contributed by atoms with E-state index in [2.05, 4.69) is 28.1 Å². The number of ether oxygens (including phenoxy) is 1. The molecule has 1 amide bonds. The number of carbonyl (C=O) groups is 1. The van der Waals surface area contributed by atoms with Crippen molar-refractivity contribution in [3.63, 3.8) is 0 Å². The Bertz CT molecular complexity index is 703. The minimum Gasteiger partial charge on any atom is -0.444 e. The van der Waals surface area contributed by atoms with E-state index < -0.39 is 5.60 Å². The molecule has 1 aromatic heterocycles.